The molecule has 0 aliphatic carbocycles. The molecule has 21 heavy (non-hydrogen) atoms. The van der Waals surface area contributed by atoms with Gasteiger partial charge >= 0.3 is 5.97 Å². The Morgan fingerprint density at radius 2 is 2.19 bits per heavy atom. The number of carboxylic acids is 1. The number of carbonyl (C=O) groups excluding carboxylic acids is 1. The Bertz CT molecular complexity index is 689. The van der Waals surface area contributed by atoms with E-state index < -0.39 is 5.97 Å². The van der Waals surface area contributed by atoms with Gasteiger partial charge in [0.2, 0.25) is 0 Å². The molecule has 0 aliphatic heterocycles. The van der Waals surface area contributed by atoms with E-state index in [1.807, 2.05) is 0 Å². The fraction of sp³-hybridized carbons (Fsp3) is 0.167. The molecule has 0 spiro atoms. The van der Waals surface area contributed by atoms with E-state index in [1.54, 1.807) is 18.2 Å². The largest absolute Gasteiger partial charge is 0.480 e. The van der Waals surface area contributed by atoms with Crippen LogP contribution in [0.25, 0.3) is 0 Å². The van der Waals surface area contributed by atoms with E-state index in [0.717, 1.165) is 0 Å². The molecule has 1 aromatic carbocycles. The molecule has 2 N–H and O–H groups in total. The number of nitrogens with one attached hydrogen (secondary N) is 1. The summed E-state index contributed by atoms with van der Waals surface area (Å²) in [5.74, 6) is -1.37. The fourth-order valence-corrected chi connectivity index (χ4v) is 2.16. The first-order valence-corrected chi connectivity index (χ1v) is 6.97. The van der Waals surface area contributed by atoms with E-state index in [0.29, 0.717) is 20.8 Å². The number of halogens is 2. The molecule has 2 rings (SSSR count). The summed E-state index contributed by atoms with van der Waals surface area (Å²) < 4.78 is 1.81. The Labute approximate surface area is 133 Å². The number of carboxylic acid groups (broad SMARTS) is 1. The van der Waals surface area contributed by atoms with Gasteiger partial charge in [0.25, 0.3) is 5.91 Å². The highest BCUT2D eigenvalue weighted by atomic mass is 79.9. The van der Waals surface area contributed by atoms with Gasteiger partial charge in [0, 0.05) is 4.47 Å². The number of carbonyl (C=O) groups is 2. The third-order valence-electron chi connectivity index (χ3n) is 2.51. The number of benzene rings is 1. The van der Waals surface area contributed by atoms with Gasteiger partial charge in [0.1, 0.15) is 12.2 Å². The van der Waals surface area contributed by atoms with Crippen molar-refractivity contribution in [3.63, 3.8) is 0 Å². The van der Waals surface area contributed by atoms with Crippen LogP contribution in [0.15, 0.2) is 28.9 Å². The zero-order valence-corrected chi connectivity index (χ0v) is 12.9. The van der Waals surface area contributed by atoms with Crippen LogP contribution in [-0.2, 0) is 17.9 Å². The molecule has 0 fully saturated rings. The highest BCUT2D eigenvalue weighted by molar-refractivity contribution is 9.10. The van der Waals surface area contributed by atoms with Crippen LogP contribution in [0.4, 0.5) is 0 Å². The van der Waals surface area contributed by atoms with Gasteiger partial charge < -0.3 is 10.4 Å². The van der Waals surface area contributed by atoms with Crippen LogP contribution in [0.1, 0.15) is 16.1 Å². The van der Waals surface area contributed by atoms with E-state index in [1.165, 1.54) is 10.9 Å². The minimum absolute atomic E-state index is 0.126. The van der Waals surface area contributed by atoms with Crippen molar-refractivity contribution < 1.29 is 14.7 Å². The number of aromatic nitrogens is 3. The second kappa shape index (κ2) is 6.68. The predicted molar refractivity (Wildman–Crippen MR) is 78.0 cm³/mol. The SMILES string of the molecule is O=C(O)Cn1cc(CNC(=O)c2cccc(Br)c2Cl)nn1. The minimum atomic E-state index is -1.02. The maximum Gasteiger partial charge on any atom is 0.325 e. The minimum Gasteiger partial charge on any atom is -0.480 e. The van der Waals surface area contributed by atoms with Gasteiger partial charge in [-0.2, -0.15) is 0 Å². The fourth-order valence-electron chi connectivity index (χ4n) is 1.58. The highest BCUT2D eigenvalue weighted by Gasteiger charge is 2.13. The molecule has 2 aromatic rings. The molecule has 1 heterocycles. The molecule has 0 atom stereocenters. The van der Waals surface area contributed by atoms with Crippen LogP contribution in [0, 0.1) is 0 Å². The lowest BCUT2D eigenvalue weighted by Gasteiger charge is -2.06. The molecular weight excluding hydrogens is 364 g/mol. The van der Waals surface area contributed by atoms with E-state index in [4.69, 9.17) is 16.7 Å². The zero-order valence-electron chi connectivity index (χ0n) is 10.6. The summed E-state index contributed by atoms with van der Waals surface area (Å²) in [6, 6.07) is 5.04. The monoisotopic (exact) mass is 372 g/mol. The highest BCUT2D eigenvalue weighted by Crippen LogP contribution is 2.25. The lowest BCUT2D eigenvalue weighted by molar-refractivity contribution is -0.137. The van der Waals surface area contributed by atoms with Crippen molar-refractivity contribution in [2.45, 2.75) is 13.1 Å². The number of nitrogens with zero attached hydrogens (tertiary/aromatic N) is 3. The lowest BCUT2D eigenvalue weighted by Crippen LogP contribution is -2.23. The van der Waals surface area contributed by atoms with Gasteiger partial charge in [-0.25, -0.2) is 4.68 Å². The summed E-state index contributed by atoms with van der Waals surface area (Å²) in [6.07, 6.45) is 1.46. The Balaban J connectivity index is 1.99. The van der Waals surface area contributed by atoms with Crippen LogP contribution < -0.4 is 5.32 Å². The van der Waals surface area contributed by atoms with Crippen molar-refractivity contribution in [1.82, 2.24) is 20.3 Å². The van der Waals surface area contributed by atoms with Crippen molar-refractivity contribution in [3.05, 3.63) is 45.1 Å². The maximum atomic E-state index is 12.0. The number of aliphatic carboxylic acids is 1. The summed E-state index contributed by atoms with van der Waals surface area (Å²) in [6.45, 7) is -0.153. The van der Waals surface area contributed by atoms with Crippen LogP contribution in [0.3, 0.4) is 0 Å². The Kier molecular flexibility index (Phi) is 4.92. The average molecular weight is 374 g/mol. The maximum absolute atomic E-state index is 12.0. The van der Waals surface area contributed by atoms with Gasteiger partial charge in [-0.1, -0.05) is 22.9 Å². The molecule has 0 unspecified atom stereocenters. The standard InChI is InChI=1S/C12H10BrClN4O3/c13-9-3-1-2-8(11(9)14)12(21)15-4-7-5-18(17-16-7)6-10(19)20/h1-3,5H,4,6H2,(H,15,21)(H,19,20). The Morgan fingerprint density at radius 3 is 2.90 bits per heavy atom. The third kappa shape index (κ3) is 4.02. The summed E-state index contributed by atoms with van der Waals surface area (Å²) >= 11 is 9.27. The molecule has 0 saturated heterocycles. The average Bonchev–Trinajstić information content (AvgIpc) is 2.86. The normalized spacial score (nSPS) is 10.4. The summed E-state index contributed by atoms with van der Waals surface area (Å²) in [4.78, 5) is 22.5. The zero-order chi connectivity index (χ0) is 15.4. The number of hydrogen-bond acceptors (Lipinski definition) is 4. The molecule has 7 nitrogen and oxygen atoms in total. The molecule has 0 saturated carbocycles. The molecule has 1 amide bonds. The van der Waals surface area contributed by atoms with Gasteiger partial charge in [-0.15, -0.1) is 5.10 Å². The molecular formula is C12H10BrClN4O3. The van der Waals surface area contributed by atoms with E-state index in [2.05, 4.69) is 31.6 Å². The number of hydrogen-bond donors (Lipinski definition) is 2. The van der Waals surface area contributed by atoms with E-state index in [-0.39, 0.29) is 19.0 Å². The smallest absolute Gasteiger partial charge is 0.325 e. The van der Waals surface area contributed by atoms with Crippen LogP contribution in [0.5, 0.6) is 0 Å². The number of rotatable bonds is 5. The summed E-state index contributed by atoms with van der Waals surface area (Å²) in [5.41, 5.74) is 0.791. The first kappa shape index (κ1) is 15.5. The van der Waals surface area contributed by atoms with Gasteiger partial charge in [0.15, 0.2) is 0 Å². The molecule has 1 aromatic heterocycles. The molecule has 0 aliphatic rings. The van der Waals surface area contributed by atoms with Crippen molar-refractivity contribution in [2.24, 2.45) is 0 Å². The van der Waals surface area contributed by atoms with E-state index >= 15 is 0 Å². The third-order valence-corrected chi connectivity index (χ3v) is 3.81. The Hall–Kier alpha value is -1.93. The molecule has 9 heteroatoms. The molecule has 0 bridgehead atoms. The van der Waals surface area contributed by atoms with E-state index in [9.17, 15) is 9.59 Å². The quantitative estimate of drug-likeness (QED) is 0.831. The lowest BCUT2D eigenvalue weighted by atomic mass is 10.2. The van der Waals surface area contributed by atoms with Gasteiger partial charge in [-0.3, -0.25) is 9.59 Å². The van der Waals surface area contributed by atoms with Crippen molar-refractivity contribution in [2.75, 3.05) is 0 Å². The summed E-state index contributed by atoms with van der Waals surface area (Å²) in [5, 5.41) is 19.0. The second-order valence-corrected chi connectivity index (χ2v) is 5.32. The first-order valence-electron chi connectivity index (χ1n) is 5.80. The van der Waals surface area contributed by atoms with Crippen molar-refractivity contribution in [3.8, 4) is 0 Å². The predicted octanol–water partition coefficient (Wildman–Crippen LogP) is 1.71. The van der Waals surface area contributed by atoms with Gasteiger partial charge in [0.05, 0.1) is 23.3 Å². The topological polar surface area (TPSA) is 97.1 Å². The van der Waals surface area contributed by atoms with Crippen molar-refractivity contribution in [1.29, 1.82) is 0 Å². The van der Waals surface area contributed by atoms with Crippen molar-refractivity contribution >= 4 is 39.4 Å². The number of amides is 1. The van der Waals surface area contributed by atoms with Gasteiger partial charge in [-0.05, 0) is 28.1 Å². The van der Waals surface area contributed by atoms with Crippen LogP contribution in [0.2, 0.25) is 5.02 Å². The van der Waals surface area contributed by atoms with Crippen LogP contribution in [-0.4, -0.2) is 32.0 Å². The molecule has 0 radical (unpaired) electrons. The molecule has 110 valence electrons. The first-order chi connectivity index (χ1) is 9.97. The Morgan fingerprint density at radius 1 is 1.43 bits per heavy atom. The van der Waals surface area contributed by atoms with Crippen LogP contribution >= 0.6 is 27.5 Å². The summed E-state index contributed by atoms with van der Waals surface area (Å²) in [7, 11) is 0. The second-order valence-electron chi connectivity index (χ2n) is 4.09.